The normalized spacial score (nSPS) is 20.5. The summed E-state index contributed by atoms with van der Waals surface area (Å²) in [6.45, 7) is 2.66. The third-order valence-corrected chi connectivity index (χ3v) is 3.04. The number of para-hydroxylation sites is 1. The molecular formula is C13H18N2O2. The maximum Gasteiger partial charge on any atom is 0.261 e. The van der Waals surface area contributed by atoms with Crippen molar-refractivity contribution in [2.75, 3.05) is 12.3 Å². The second-order valence-corrected chi connectivity index (χ2v) is 4.38. The van der Waals surface area contributed by atoms with Crippen LogP contribution < -0.4 is 15.8 Å². The molecule has 1 unspecified atom stereocenters. The van der Waals surface area contributed by atoms with E-state index in [1.165, 1.54) is 0 Å². The van der Waals surface area contributed by atoms with Gasteiger partial charge in [-0.15, -0.1) is 0 Å². The van der Waals surface area contributed by atoms with E-state index in [1.54, 1.807) is 6.07 Å². The first kappa shape index (κ1) is 11.8. The SMILES string of the molecule is Cc1cccc(OC2CCCCNC2=O)c1N. The van der Waals surface area contributed by atoms with Crippen LogP contribution in [0.5, 0.6) is 5.75 Å². The Morgan fingerprint density at radius 1 is 1.41 bits per heavy atom. The van der Waals surface area contributed by atoms with Crippen molar-refractivity contribution in [2.45, 2.75) is 32.3 Å². The van der Waals surface area contributed by atoms with Crippen molar-refractivity contribution in [2.24, 2.45) is 0 Å². The first-order chi connectivity index (χ1) is 8.18. The second-order valence-electron chi connectivity index (χ2n) is 4.38. The van der Waals surface area contributed by atoms with Crippen molar-refractivity contribution in [1.29, 1.82) is 0 Å². The number of benzene rings is 1. The molecule has 2 rings (SSSR count). The van der Waals surface area contributed by atoms with E-state index in [1.807, 2.05) is 19.1 Å². The Bertz CT molecular complexity index is 418. The number of nitrogens with one attached hydrogen (secondary N) is 1. The number of hydrogen-bond acceptors (Lipinski definition) is 3. The molecule has 0 bridgehead atoms. The van der Waals surface area contributed by atoms with Crippen LogP contribution in [0.1, 0.15) is 24.8 Å². The summed E-state index contributed by atoms with van der Waals surface area (Å²) < 4.78 is 5.72. The van der Waals surface area contributed by atoms with Gasteiger partial charge < -0.3 is 15.8 Å². The summed E-state index contributed by atoms with van der Waals surface area (Å²) in [5.74, 6) is 0.565. The van der Waals surface area contributed by atoms with Gasteiger partial charge in [-0.05, 0) is 37.8 Å². The molecule has 1 saturated heterocycles. The summed E-state index contributed by atoms with van der Waals surface area (Å²) in [5, 5.41) is 2.84. The highest BCUT2D eigenvalue weighted by Crippen LogP contribution is 2.26. The van der Waals surface area contributed by atoms with Crippen molar-refractivity contribution in [3.05, 3.63) is 23.8 Å². The molecule has 0 aliphatic carbocycles. The average molecular weight is 234 g/mol. The molecule has 1 atom stereocenters. The second kappa shape index (κ2) is 5.08. The number of anilines is 1. The number of hydrogen-bond donors (Lipinski definition) is 2. The third kappa shape index (κ3) is 2.70. The highest BCUT2D eigenvalue weighted by molar-refractivity contribution is 5.81. The van der Waals surface area contributed by atoms with Gasteiger partial charge in [0, 0.05) is 6.54 Å². The van der Waals surface area contributed by atoms with E-state index in [4.69, 9.17) is 10.5 Å². The van der Waals surface area contributed by atoms with Gasteiger partial charge in [0.1, 0.15) is 5.75 Å². The molecule has 1 amide bonds. The molecule has 0 saturated carbocycles. The van der Waals surface area contributed by atoms with Crippen molar-refractivity contribution in [1.82, 2.24) is 5.32 Å². The number of carbonyl (C=O) groups is 1. The van der Waals surface area contributed by atoms with E-state index < -0.39 is 6.10 Å². The number of nitrogen functional groups attached to an aromatic ring is 1. The standard InChI is InChI=1S/C13H18N2O2/c1-9-5-4-7-10(12(9)14)17-11-6-2-3-8-15-13(11)16/h4-5,7,11H,2-3,6,8,14H2,1H3,(H,15,16). The number of ether oxygens (including phenoxy) is 1. The predicted octanol–water partition coefficient (Wildman–Crippen LogP) is 1.62. The van der Waals surface area contributed by atoms with Crippen LogP contribution in [0.2, 0.25) is 0 Å². The molecule has 92 valence electrons. The minimum atomic E-state index is -0.415. The minimum absolute atomic E-state index is 0.0385. The molecular weight excluding hydrogens is 216 g/mol. The van der Waals surface area contributed by atoms with E-state index in [2.05, 4.69) is 5.32 Å². The Balaban J connectivity index is 2.13. The fourth-order valence-electron chi connectivity index (χ4n) is 1.93. The van der Waals surface area contributed by atoms with Gasteiger partial charge in [0.25, 0.3) is 5.91 Å². The smallest absolute Gasteiger partial charge is 0.261 e. The van der Waals surface area contributed by atoms with Crippen molar-refractivity contribution in [3.8, 4) is 5.75 Å². The fourth-order valence-corrected chi connectivity index (χ4v) is 1.93. The summed E-state index contributed by atoms with van der Waals surface area (Å²) in [6, 6.07) is 5.62. The van der Waals surface area contributed by atoms with Crippen molar-refractivity contribution in [3.63, 3.8) is 0 Å². The van der Waals surface area contributed by atoms with Crippen LogP contribution >= 0.6 is 0 Å². The zero-order valence-electron chi connectivity index (χ0n) is 10.0. The van der Waals surface area contributed by atoms with Gasteiger partial charge in [-0.2, -0.15) is 0 Å². The summed E-state index contributed by atoms with van der Waals surface area (Å²) in [6.07, 6.45) is 2.34. The van der Waals surface area contributed by atoms with Crippen LogP contribution in [-0.4, -0.2) is 18.6 Å². The lowest BCUT2D eigenvalue weighted by molar-refractivity contribution is -0.127. The number of rotatable bonds is 2. The van der Waals surface area contributed by atoms with Crippen molar-refractivity contribution < 1.29 is 9.53 Å². The molecule has 17 heavy (non-hydrogen) atoms. The van der Waals surface area contributed by atoms with E-state index in [0.29, 0.717) is 11.4 Å². The molecule has 1 heterocycles. The van der Waals surface area contributed by atoms with Gasteiger partial charge in [-0.3, -0.25) is 4.79 Å². The van der Waals surface area contributed by atoms with Gasteiger partial charge >= 0.3 is 0 Å². The Morgan fingerprint density at radius 3 is 3.06 bits per heavy atom. The minimum Gasteiger partial charge on any atom is -0.478 e. The van der Waals surface area contributed by atoms with Crippen LogP contribution in [-0.2, 0) is 4.79 Å². The van der Waals surface area contributed by atoms with E-state index in [0.717, 1.165) is 31.4 Å². The van der Waals surface area contributed by atoms with Gasteiger partial charge in [0.2, 0.25) is 0 Å². The Morgan fingerprint density at radius 2 is 2.24 bits per heavy atom. The van der Waals surface area contributed by atoms with E-state index in [9.17, 15) is 4.79 Å². The number of aryl methyl sites for hydroxylation is 1. The number of amides is 1. The molecule has 0 radical (unpaired) electrons. The van der Waals surface area contributed by atoms with E-state index in [-0.39, 0.29) is 5.91 Å². The average Bonchev–Trinajstić information content (AvgIpc) is 2.51. The van der Waals surface area contributed by atoms with Crippen LogP contribution in [0.25, 0.3) is 0 Å². The lowest BCUT2D eigenvalue weighted by Crippen LogP contribution is -2.36. The van der Waals surface area contributed by atoms with Gasteiger partial charge in [0.05, 0.1) is 5.69 Å². The molecule has 1 aliphatic heterocycles. The largest absolute Gasteiger partial charge is 0.478 e. The van der Waals surface area contributed by atoms with Crippen molar-refractivity contribution >= 4 is 11.6 Å². The summed E-state index contributed by atoms with van der Waals surface area (Å²) in [7, 11) is 0. The molecule has 1 aromatic carbocycles. The Labute approximate surface area is 101 Å². The molecule has 4 heteroatoms. The molecule has 1 fully saturated rings. The van der Waals surface area contributed by atoms with Crippen LogP contribution in [0, 0.1) is 6.92 Å². The van der Waals surface area contributed by atoms with Crippen LogP contribution in [0.4, 0.5) is 5.69 Å². The summed E-state index contributed by atoms with van der Waals surface area (Å²) in [5.41, 5.74) is 7.51. The highest BCUT2D eigenvalue weighted by Gasteiger charge is 2.23. The quantitative estimate of drug-likeness (QED) is 0.764. The van der Waals surface area contributed by atoms with Gasteiger partial charge in [-0.1, -0.05) is 12.1 Å². The maximum atomic E-state index is 11.7. The van der Waals surface area contributed by atoms with Gasteiger partial charge in [-0.25, -0.2) is 0 Å². The summed E-state index contributed by atoms with van der Waals surface area (Å²) >= 11 is 0. The number of nitrogens with two attached hydrogens (primary N) is 1. The molecule has 0 spiro atoms. The Hall–Kier alpha value is -1.71. The lowest BCUT2D eigenvalue weighted by atomic mass is 10.1. The number of carbonyl (C=O) groups excluding carboxylic acids is 1. The molecule has 1 aromatic rings. The monoisotopic (exact) mass is 234 g/mol. The molecule has 1 aliphatic rings. The fraction of sp³-hybridized carbons (Fsp3) is 0.462. The summed E-state index contributed by atoms with van der Waals surface area (Å²) in [4.78, 5) is 11.7. The van der Waals surface area contributed by atoms with E-state index >= 15 is 0 Å². The molecule has 0 aromatic heterocycles. The zero-order chi connectivity index (χ0) is 12.3. The highest BCUT2D eigenvalue weighted by atomic mass is 16.5. The maximum absolute atomic E-state index is 11.7. The third-order valence-electron chi connectivity index (χ3n) is 3.04. The van der Waals surface area contributed by atoms with Crippen LogP contribution in [0.3, 0.4) is 0 Å². The predicted molar refractivity (Wildman–Crippen MR) is 66.9 cm³/mol. The first-order valence-electron chi connectivity index (χ1n) is 5.98. The Kier molecular flexibility index (Phi) is 3.52. The zero-order valence-corrected chi connectivity index (χ0v) is 10.0. The molecule has 4 nitrogen and oxygen atoms in total. The first-order valence-corrected chi connectivity index (χ1v) is 5.98. The van der Waals surface area contributed by atoms with Crippen LogP contribution in [0.15, 0.2) is 18.2 Å². The lowest BCUT2D eigenvalue weighted by Gasteiger charge is -2.17. The molecule has 3 N–H and O–H groups in total. The van der Waals surface area contributed by atoms with Gasteiger partial charge in [0.15, 0.2) is 6.10 Å². The topological polar surface area (TPSA) is 64.3 Å².